The Balaban J connectivity index is 0. The van der Waals surface area contributed by atoms with Crippen LogP contribution in [0.15, 0.2) is 0 Å². The minimum Gasteiger partial charge on any atom is -0.480 e. The summed E-state index contributed by atoms with van der Waals surface area (Å²) >= 11 is 3.65. The summed E-state index contributed by atoms with van der Waals surface area (Å²) < 4.78 is 4.32. The average Bonchev–Trinajstić information content (AvgIpc) is 2.24. The molecular weight excluding hydrogens is 252 g/mol. The van der Waals surface area contributed by atoms with E-state index in [-0.39, 0.29) is 12.4 Å². The number of hydrogen-bond acceptors (Lipinski definition) is 7. The van der Waals surface area contributed by atoms with Crippen LogP contribution >= 0.6 is 12.6 Å². The largest absolute Gasteiger partial charge is 0.480 e. The minimum atomic E-state index is -1.18. The van der Waals surface area contributed by atoms with E-state index in [0.29, 0.717) is 0 Å². The first-order valence-corrected chi connectivity index (χ1v) is 5.06. The summed E-state index contributed by atoms with van der Waals surface area (Å²) in [5.74, 6) is -2.53. The highest BCUT2D eigenvalue weighted by Gasteiger charge is 2.11. The number of carbonyl (C=O) groups excluding carboxylic acids is 1. The van der Waals surface area contributed by atoms with Crippen LogP contribution in [0.2, 0.25) is 0 Å². The highest BCUT2D eigenvalue weighted by molar-refractivity contribution is 7.80. The Morgan fingerprint density at radius 2 is 1.59 bits per heavy atom. The molecule has 9 heteroatoms. The zero-order chi connectivity index (χ0) is 14.0. The van der Waals surface area contributed by atoms with Gasteiger partial charge < -0.3 is 26.4 Å². The van der Waals surface area contributed by atoms with E-state index in [1.54, 1.807) is 0 Å². The van der Waals surface area contributed by atoms with Crippen LogP contribution in [0, 0.1) is 0 Å². The van der Waals surface area contributed by atoms with E-state index >= 15 is 0 Å². The zero-order valence-electron chi connectivity index (χ0n) is 9.20. The molecule has 0 saturated carbocycles. The summed E-state index contributed by atoms with van der Waals surface area (Å²) in [6.45, 7) is 0.916. The topological polar surface area (TPSA) is 153 Å². The summed E-state index contributed by atoms with van der Waals surface area (Å²) in [5.41, 5.74) is 9.93. The van der Waals surface area contributed by atoms with Crippen LogP contribution < -0.4 is 11.5 Å². The lowest BCUT2D eigenvalue weighted by Gasteiger charge is -2.04. The van der Waals surface area contributed by atoms with Crippen molar-refractivity contribution in [2.24, 2.45) is 11.5 Å². The summed E-state index contributed by atoms with van der Waals surface area (Å²) in [7, 11) is 0. The second kappa shape index (κ2) is 9.87. The molecule has 8 nitrogen and oxygen atoms in total. The van der Waals surface area contributed by atoms with Crippen LogP contribution in [0.25, 0.3) is 0 Å². The first kappa shape index (κ1) is 18.1. The molecule has 2 atom stereocenters. The summed E-state index contributed by atoms with van der Waals surface area (Å²) in [4.78, 5) is 29.9. The van der Waals surface area contributed by atoms with Crippen LogP contribution in [-0.2, 0) is 19.1 Å². The van der Waals surface area contributed by atoms with Crippen molar-refractivity contribution >= 4 is 30.5 Å². The first-order valence-electron chi connectivity index (χ1n) is 4.43. The van der Waals surface area contributed by atoms with Gasteiger partial charge in [0.15, 0.2) is 0 Å². The van der Waals surface area contributed by atoms with Gasteiger partial charge in [-0.25, -0.2) is 0 Å². The van der Waals surface area contributed by atoms with Crippen LogP contribution in [0.1, 0.15) is 6.92 Å². The third kappa shape index (κ3) is 12.6. The maximum atomic E-state index is 10.1. The van der Waals surface area contributed by atoms with Gasteiger partial charge in [0, 0.05) is 12.7 Å². The number of esters is 1. The van der Waals surface area contributed by atoms with Gasteiger partial charge in [0.1, 0.15) is 18.7 Å². The highest BCUT2D eigenvalue weighted by Crippen LogP contribution is 1.82. The van der Waals surface area contributed by atoms with Crippen molar-refractivity contribution in [2.75, 3.05) is 12.4 Å². The van der Waals surface area contributed by atoms with E-state index in [0.717, 1.165) is 0 Å². The number of carboxylic acid groups (broad SMARTS) is 2. The van der Waals surface area contributed by atoms with Crippen molar-refractivity contribution in [3.8, 4) is 0 Å². The molecule has 0 aromatic rings. The van der Waals surface area contributed by atoms with Crippen molar-refractivity contribution in [2.45, 2.75) is 19.0 Å². The lowest BCUT2D eigenvalue weighted by molar-refractivity contribution is -0.146. The monoisotopic (exact) mass is 268 g/mol. The fraction of sp³-hybridized carbons (Fsp3) is 0.625. The van der Waals surface area contributed by atoms with Gasteiger partial charge >= 0.3 is 17.9 Å². The molecule has 0 aliphatic heterocycles. The van der Waals surface area contributed by atoms with Crippen molar-refractivity contribution < 1.29 is 29.3 Å². The standard InChI is InChI=1S/C5H9NO4.C3H7NO2S/c1-3(7)10-2-4(6)5(8)9;4-2(1-7)3(5)6/h4H,2,6H2,1H3,(H,8,9);2,7H,1,4H2,(H,5,6). The van der Waals surface area contributed by atoms with Crippen LogP contribution in [-0.4, -0.2) is 52.6 Å². The molecule has 6 N–H and O–H groups in total. The SMILES string of the molecule is CC(=O)OCC(N)C(=O)O.NC(CS)C(=O)O. The number of carbonyl (C=O) groups is 3. The van der Waals surface area contributed by atoms with Crippen LogP contribution in [0.4, 0.5) is 0 Å². The predicted molar refractivity (Wildman–Crippen MR) is 61.7 cm³/mol. The normalized spacial score (nSPS) is 12.7. The lowest BCUT2D eigenvalue weighted by Crippen LogP contribution is -2.35. The predicted octanol–water partition coefficient (Wildman–Crippen LogP) is -1.71. The molecule has 0 spiro atoms. The zero-order valence-corrected chi connectivity index (χ0v) is 10.1. The van der Waals surface area contributed by atoms with Gasteiger partial charge in [-0.15, -0.1) is 0 Å². The third-order valence-electron chi connectivity index (χ3n) is 1.30. The van der Waals surface area contributed by atoms with Gasteiger partial charge in [-0.1, -0.05) is 0 Å². The Hall–Kier alpha value is -1.32. The molecule has 0 aromatic carbocycles. The first-order chi connectivity index (χ1) is 7.72. The van der Waals surface area contributed by atoms with Gasteiger partial charge in [0.25, 0.3) is 0 Å². The Morgan fingerprint density at radius 3 is 1.76 bits per heavy atom. The molecular formula is C8H16N2O6S. The summed E-state index contributed by atoms with van der Waals surface area (Å²) in [6, 6.07) is -1.94. The third-order valence-corrected chi connectivity index (χ3v) is 1.69. The van der Waals surface area contributed by atoms with E-state index < -0.39 is 30.0 Å². The molecule has 17 heavy (non-hydrogen) atoms. The quantitative estimate of drug-likeness (QED) is 0.292. The number of aliphatic carboxylic acids is 2. The number of hydrogen-bond donors (Lipinski definition) is 5. The fourth-order valence-electron chi connectivity index (χ4n) is 0.357. The molecule has 0 aliphatic carbocycles. The Bertz CT molecular complexity index is 273. The molecule has 2 unspecified atom stereocenters. The van der Waals surface area contributed by atoms with Gasteiger partial charge in [-0.05, 0) is 0 Å². The van der Waals surface area contributed by atoms with Gasteiger partial charge in [-0.2, -0.15) is 12.6 Å². The van der Waals surface area contributed by atoms with Crippen LogP contribution in [0.5, 0.6) is 0 Å². The maximum Gasteiger partial charge on any atom is 0.324 e. The molecule has 0 amide bonds. The Labute approximate surface area is 103 Å². The molecule has 0 rings (SSSR count). The second-order valence-electron chi connectivity index (χ2n) is 2.87. The van der Waals surface area contributed by atoms with E-state index in [1.807, 2.05) is 0 Å². The van der Waals surface area contributed by atoms with Crippen molar-refractivity contribution in [3.63, 3.8) is 0 Å². The number of rotatable bonds is 5. The van der Waals surface area contributed by atoms with Gasteiger partial charge in [0.2, 0.25) is 0 Å². The molecule has 0 bridgehead atoms. The van der Waals surface area contributed by atoms with E-state index in [4.69, 9.17) is 21.7 Å². The van der Waals surface area contributed by atoms with Crippen molar-refractivity contribution in [1.29, 1.82) is 0 Å². The average molecular weight is 268 g/mol. The summed E-state index contributed by atoms with van der Waals surface area (Å²) in [6.07, 6.45) is 0. The van der Waals surface area contributed by atoms with Gasteiger partial charge in [0.05, 0.1) is 0 Å². The number of thiol groups is 1. The Morgan fingerprint density at radius 1 is 1.18 bits per heavy atom. The lowest BCUT2D eigenvalue weighted by atomic mass is 10.3. The molecule has 100 valence electrons. The molecule has 0 aliphatic rings. The maximum absolute atomic E-state index is 10.1. The summed E-state index contributed by atoms with van der Waals surface area (Å²) in [5, 5.41) is 16.2. The number of carboxylic acids is 2. The van der Waals surface area contributed by atoms with Crippen molar-refractivity contribution in [1.82, 2.24) is 0 Å². The Kier molecular flexibility index (Phi) is 10.5. The molecule has 0 fully saturated rings. The van der Waals surface area contributed by atoms with E-state index in [9.17, 15) is 14.4 Å². The van der Waals surface area contributed by atoms with Gasteiger partial charge in [-0.3, -0.25) is 14.4 Å². The highest BCUT2D eigenvalue weighted by atomic mass is 32.1. The van der Waals surface area contributed by atoms with E-state index in [1.165, 1.54) is 6.92 Å². The molecule has 0 heterocycles. The van der Waals surface area contributed by atoms with Crippen molar-refractivity contribution in [3.05, 3.63) is 0 Å². The smallest absolute Gasteiger partial charge is 0.324 e. The second-order valence-corrected chi connectivity index (χ2v) is 3.24. The number of ether oxygens (including phenoxy) is 1. The molecule has 0 aromatic heterocycles. The molecule has 0 radical (unpaired) electrons. The molecule has 0 saturated heterocycles. The van der Waals surface area contributed by atoms with E-state index in [2.05, 4.69) is 17.4 Å². The van der Waals surface area contributed by atoms with Crippen LogP contribution in [0.3, 0.4) is 0 Å². The fourth-order valence-corrected chi connectivity index (χ4v) is 0.513. The number of nitrogens with two attached hydrogens (primary N) is 2. The minimum absolute atomic E-state index is 0.190.